The van der Waals surface area contributed by atoms with Gasteiger partial charge >= 0.3 is 0 Å². The lowest BCUT2D eigenvalue weighted by Crippen LogP contribution is -1.97. The van der Waals surface area contributed by atoms with E-state index in [1.807, 2.05) is 0 Å². The molecule has 1 nitrogen and oxygen atoms in total. The molecule has 1 heterocycles. The van der Waals surface area contributed by atoms with E-state index in [1.54, 1.807) is 0 Å². The number of aromatic amines is 1. The number of para-hydroxylation sites is 1. The maximum Gasteiger partial charge on any atom is 0.0456 e. The summed E-state index contributed by atoms with van der Waals surface area (Å²) >= 11 is 3.52. The van der Waals surface area contributed by atoms with Crippen molar-refractivity contribution in [2.45, 2.75) is 19.8 Å². The summed E-state index contributed by atoms with van der Waals surface area (Å²) in [6.45, 7) is 2.28. The van der Waals surface area contributed by atoms with Crippen LogP contribution in [0.2, 0.25) is 0 Å². The SMILES string of the molecule is CC(CBr)CCc1c[nH]c2ccccc12. The van der Waals surface area contributed by atoms with E-state index in [9.17, 15) is 0 Å². The number of aryl methyl sites for hydroxylation is 1. The molecule has 1 atom stereocenters. The Morgan fingerprint density at radius 1 is 1.33 bits per heavy atom. The van der Waals surface area contributed by atoms with Gasteiger partial charge in [-0.25, -0.2) is 0 Å². The van der Waals surface area contributed by atoms with Crippen molar-refractivity contribution in [2.24, 2.45) is 5.92 Å². The Balaban J connectivity index is 2.14. The van der Waals surface area contributed by atoms with E-state index < -0.39 is 0 Å². The highest BCUT2D eigenvalue weighted by molar-refractivity contribution is 9.09. The first-order chi connectivity index (χ1) is 7.31. The smallest absolute Gasteiger partial charge is 0.0456 e. The maximum absolute atomic E-state index is 3.52. The average molecular weight is 266 g/mol. The van der Waals surface area contributed by atoms with Crippen LogP contribution in [0.15, 0.2) is 30.5 Å². The minimum Gasteiger partial charge on any atom is -0.361 e. The summed E-state index contributed by atoms with van der Waals surface area (Å²) in [7, 11) is 0. The summed E-state index contributed by atoms with van der Waals surface area (Å²) in [5, 5.41) is 2.47. The van der Waals surface area contributed by atoms with Crippen LogP contribution in [0.25, 0.3) is 10.9 Å². The van der Waals surface area contributed by atoms with Crippen molar-refractivity contribution in [1.29, 1.82) is 0 Å². The molecule has 1 N–H and O–H groups in total. The monoisotopic (exact) mass is 265 g/mol. The normalized spacial score (nSPS) is 13.2. The highest BCUT2D eigenvalue weighted by Crippen LogP contribution is 2.20. The van der Waals surface area contributed by atoms with Gasteiger partial charge in [-0.2, -0.15) is 0 Å². The first-order valence-corrected chi connectivity index (χ1v) is 6.54. The molecular weight excluding hydrogens is 250 g/mol. The number of nitrogens with one attached hydrogen (secondary N) is 1. The average Bonchev–Trinajstić information content (AvgIpc) is 2.69. The Morgan fingerprint density at radius 3 is 2.93 bits per heavy atom. The Hall–Kier alpha value is -0.760. The van der Waals surface area contributed by atoms with E-state index in [0.29, 0.717) is 0 Å². The van der Waals surface area contributed by atoms with Gasteiger partial charge in [0.15, 0.2) is 0 Å². The Kier molecular flexibility index (Phi) is 3.47. The lowest BCUT2D eigenvalue weighted by Gasteiger charge is -2.05. The quantitative estimate of drug-likeness (QED) is 0.801. The number of aromatic nitrogens is 1. The van der Waals surface area contributed by atoms with Gasteiger partial charge in [0.05, 0.1) is 0 Å². The zero-order valence-electron chi connectivity index (χ0n) is 8.96. The summed E-state index contributed by atoms with van der Waals surface area (Å²) in [6, 6.07) is 8.50. The molecule has 1 unspecified atom stereocenters. The number of alkyl halides is 1. The summed E-state index contributed by atoms with van der Waals surface area (Å²) < 4.78 is 0. The third-order valence-electron chi connectivity index (χ3n) is 2.84. The van der Waals surface area contributed by atoms with Crippen LogP contribution in [0, 0.1) is 5.92 Å². The van der Waals surface area contributed by atoms with Crippen molar-refractivity contribution in [3.63, 3.8) is 0 Å². The fraction of sp³-hybridized carbons (Fsp3) is 0.385. The number of hydrogen-bond donors (Lipinski definition) is 1. The van der Waals surface area contributed by atoms with Gasteiger partial charge in [-0.05, 0) is 30.4 Å². The van der Waals surface area contributed by atoms with Crippen molar-refractivity contribution in [3.05, 3.63) is 36.0 Å². The molecule has 0 bridgehead atoms. The number of hydrogen-bond acceptors (Lipinski definition) is 0. The van der Waals surface area contributed by atoms with E-state index in [-0.39, 0.29) is 0 Å². The summed E-state index contributed by atoms with van der Waals surface area (Å²) in [5.41, 5.74) is 2.69. The van der Waals surface area contributed by atoms with Gasteiger partial charge in [0.1, 0.15) is 0 Å². The Labute approximate surface area is 99.0 Å². The molecule has 80 valence electrons. The van der Waals surface area contributed by atoms with Crippen molar-refractivity contribution in [1.82, 2.24) is 4.98 Å². The highest BCUT2D eigenvalue weighted by atomic mass is 79.9. The van der Waals surface area contributed by atoms with Gasteiger partial charge in [-0.15, -0.1) is 0 Å². The standard InChI is InChI=1S/C13H16BrN/c1-10(8-14)6-7-11-9-15-13-5-3-2-4-12(11)13/h2-5,9-10,15H,6-8H2,1H3. The van der Waals surface area contributed by atoms with Crippen LogP contribution >= 0.6 is 15.9 Å². The molecule has 0 saturated carbocycles. The fourth-order valence-corrected chi connectivity index (χ4v) is 2.14. The summed E-state index contributed by atoms with van der Waals surface area (Å²) in [5.74, 6) is 0.749. The molecule has 0 aliphatic carbocycles. The van der Waals surface area contributed by atoms with Gasteiger partial charge in [0.2, 0.25) is 0 Å². The lowest BCUT2D eigenvalue weighted by atomic mass is 10.0. The third kappa shape index (κ3) is 2.43. The van der Waals surface area contributed by atoms with Crippen LogP contribution in [-0.4, -0.2) is 10.3 Å². The molecule has 2 heteroatoms. The molecule has 1 aromatic heterocycles. The second-order valence-electron chi connectivity index (χ2n) is 4.16. The first-order valence-electron chi connectivity index (χ1n) is 5.42. The largest absolute Gasteiger partial charge is 0.361 e. The molecule has 1 aromatic carbocycles. The van der Waals surface area contributed by atoms with Crippen molar-refractivity contribution < 1.29 is 0 Å². The van der Waals surface area contributed by atoms with Crippen molar-refractivity contribution in [2.75, 3.05) is 5.33 Å². The molecule has 0 aliphatic heterocycles. The van der Waals surface area contributed by atoms with Crippen LogP contribution in [0.5, 0.6) is 0 Å². The van der Waals surface area contributed by atoms with E-state index in [1.165, 1.54) is 22.9 Å². The summed E-state index contributed by atoms with van der Waals surface area (Å²) in [4.78, 5) is 3.32. The van der Waals surface area contributed by atoms with Crippen LogP contribution in [0.3, 0.4) is 0 Å². The predicted molar refractivity (Wildman–Crippen MR) is 69.6 cm³/mol. The maximum atomic E-state index is 3.52. The van der Waals surface area contributed by atoms with Gasteiger partial charge in [-0.3, -0.25) is 0 Å². The first kappa shape index (κ1) is 10.7. The third-order valence-corrected chi connectivity index (χ3v) is 3.95. The molecule has 0 radical (unpaired) electrons. The molecule has 0 aliphatic rings. The number of rotatable bonds is 4. The Morgan fingerprint density at radius 2 is 2.13 bits per heavy atom. The van der Waals surface area contributed by atoms with Crippen LogP contribution < -0.4 is 0 Å². The van der Waals surface area contributed by atoms with Crippen LogP contribution in [-0.2, 0) is 6.42 Å². The second-order valence-corrected chi connectivity index (χ2v) is 4.81. The zero-order chi connectivity index (χ0) is 10.7. The number of H-pyrrole nitrogens is 1. The zero-order valence-corrected chi connectivity index (χ0v) is 10.5. The predicted octanol–water partition coefficient (Wildman–Crippen LogP) is 4.13. The lowest BCUT2D eigenvalue weighted by molar-refractivity contribution is 0.601. The van der Waals surface area contributed by atoms with Crippen LogP contribution in [0.1, 0.15) is 18.9 Å². The fourth-order valence-electron chi connectivity index (χ4n) is 1.82. The topological polar surface area (TPSA) is 15.8 Å². The summed E-state index contributed by atoms with van der Waals surface area (Å²) in [6.07, 6.45) is 4.55. The minimum atomic E-state index is 0.749. The van der Waals surface area contributed by atoms with Crippen molar-refractivity contribution in [3.8, 4) is 0 Å². The van der Waals surface area contributed by atoms with Gasteiger partial charge < -0.3 is 4.98 Å². The second kappa shape index (κ2) is 4.84. The Bertz CT molecular complexity index is 433. The van der Waals surface area contributed by atoms with E-state index in [4.69, 9.17) is 0 Å². The highest BCUT2D eigenvalue weighted by Gasteiger charge is 2.05. The van der Waals surface area contributed by atoms with Crippen molar-refractivity contribution >= 4 is 26.8 Å². The number of benzene rings is 1. The minimum absolute atomic E-state index is 0.749. The molecule has 2 rings (SSSR count). The molecular formula is C13H16BrN. The van der Waals surface area contributed by atoms with E-state index >= 15 is 0 Å². The van der Waals surface area contributed by atoms with Gasteiger partial charge in [0.25, 0.3) is 0 Å². The molecule has 2 aromatic rings. The molecule has 0 amide bonds. The molecule has 15 heavy (non-hydrogen) atoms. The number of halogens is 1. The van der Waals surface area contributed by atoms with Crippen LogP contribution in [0.4, 0.5) is 0 Å². The van der Waals surface area contributed by atoms with E-state index in [2.05, 4.69) is 58.3 Å². The molecule has 0 spiro atoms. The molecule has 0 saturated heterocycles. The number of fused-ring (bicyclic) bond motifs is 1. The van der Waals surface area contributed by atoms with Gasteiger partial charge in [-0.1, -0.05) is 41.1 Å². The molecule has 0 fully saturated rings. The van der Waals surface area contributed by atoms with E-state index in [0.717, 1.165) is 17.7 Å². The van der Waals surface area contributed by atoms with Gasteiger partial charge in [0, 0.05) is 22.4 Å².